The van der Waals surface area contributed by atoms with Crippen LogP contribution in [0.4, 0.5) is 0 Å². The van der Waals surface area contributed by atoms with Gasteiger partial charge in [-0.25, -0.2) is 8.42 Å². The average molecular weight is 447 g/mol. The Bertz CT molecular complexity index is 1250. The van der Waals surface area contributed by atoms with E-state index in [1.165, 1.54) is 35.6 Å². The molecule has 0 fully saturated rings. The minimum Gasteiger partial charge on any atom is -0.465 e. The van der Waals surface area contributed by atoms with Gasteiger partial charge >= 0.3 is 5.97 Å². The minimum atomic E-state index is -3.42. The summed E-state index contributed by atoms with van der Waals surface area (Å²) < 4.78 is 32.1. The molecule has 2 aromatic carbocycles. The van der Waals surface area contributed by atoms with Crippen molar-refractivity contribution in [3.63, 3.8) is 0 Å². The number of aromatic nitrogens is 1. The fraction of sp³-hybridized carbons (Fsp3) is 0.286. The lowest BCUT2D eigenvalue weighted by Gasteiger charge is -2.07. The largest absolute Gasteiger partial charge is 0.465 e. The highest BCUT2D eigenvalue weighted by Gasteiger charge is 2.19. The second kappa shape index (κ2) is 8.93. The van der Waals surface area contributed by atoms with Crippen molar-refractivity contribution in [3.05, 3.63) is 58.9 Å². The van der Waals surface area contributed by atoms with Crippen LogP contribution in [0.1, 0.15) is 31.1 Å². The standard InChI is InChI=1S/C21H22N2O5S2/c1-4-28-19(24)13-23-17-7-5-6-8-18(17)29-21(23)22-20(25)15-9-11-16(12-10-15)30(26,27)14(2)3/h5-12,14H,4,13H2,1-3H3. The number of hydrogen-bond acceptors (Lipinski definition) is 6. The lowest BCUT2D eigenvalue weighted by Crippen LogP contribution is -2.23. The molecule has 158 valence electrons. The van der Waals surface area contributed by atoms with E-state index in [0.29, 0.717) is 4.80 Å². The SMILES string of the molecule is CCOC(=O)Cn1c(=NC(=O)c2ccc(S(=O)(=O)C(C)C)cc2)sc2ccccc21. The fourth-order valence-corrected chi connectivity index (χ4v) is 4.89. The summed E-state index contributed by atoms with van der Waals surface area (Å²) in [6.45, 7) is 5.14. The highest BCUT2D eigenvalue weighted by atomic mass is 32.2. The smallest absolute Gasteiger partial charge is 0.326 e. The average Bonchev–Trinajstić information content (AvgIpc) is 3.05. The molecular weight excluding hydrogens is 424 g/mol. The molecule has 0 saturated carbocycles. The summed E-state index contributed by atoms with van der Waals surface area (Å²) in [5.41, 5.74) is 1.04. The number of thiazole rings is 1. The molecule has 3 rings (SSSR count). The van der Waals surface area contributed by atoms with Crippen LogP contribution in [-0.2, 0) is 25.9 Å². The Labute approximate surface area is 178 Å². The molecule has 7 nitrogen and oxygen atoms in total. The Balaban J connectivity index is 2.00. The Kier molecular flexibility index (Phi) is 6.52. The van der Waals surface area contributed by atoms with Crippen LogP contribution in [0.15, 0.2) is 58.4 Å². The number of amides is 1. The molecule has 0 atom stereocenters. The summed E-state index contributed by atoms with van der Waals surface area (Å²) >= 11 is 1.29. The second-order valence-electron chi connectivity index (χ2n) is 6.78. The van der Waals surface area contributed by atoms with Gasteiger partial charge in [-0.2, -0.15) is 4.99 Å². The van der Waals surface area contributed by atoms with Crippen molar-refractivity contribution in [3.8, 4) is 0 Å². The van der Waals surface area contributed by atoms with Gasteiger partial charge in [0.25, 0.3) is 5.91 Å². The van der Waals surface area contributed by atoms with Gasteiger partial charge < -0.3 is 9.30 Å². The molecule has 0 bridgehead atoms. The van der Waals surface area contributed by atoms with E-state index in [4.69, 9.17) is 4.74 Å². The summed E-state index contributed by atoms with van der Waals surface area (Å²) in [5, 5.41) is -0.552. The van der Waals surface area contributed by atoms with E-state index in [1.54, 1.807) is 25.3 Å². The number of esters is 1. The molecule has 0 spiro atoms. The van der Waals surface area contributed by atoms with Crippen LogP contribution in [0.5, 0.6) is 0 Å². The molecule has 0 aliphatic rings. The molecule has 9 heteroatoms. The molecule has 0 aliphatic carbocycles. The first-order valence-corrected chi connectivity index (χ1v) is 11.8. The first-order valence-electron chi connectivity index (χ1n) is 9.41. The lowest BCUT2D eigenvalue weighted by molar-refractivity contribution is -0.143. The van der Waals surface area contributed by atoms with Crippen LogP contribution in [0.3, 0.4) is 0 Å². The van der Waals surface area contributed by atoms with Gasteiger partial charge in [-0.1, -0.05) is 23.5 Å². The molecule has 1 aromatic heterocycles. The predicted octanol–water partition coefficient (Wildman–Crippen LogP) is 3.19. The van der Waals surface area contributed by atoms with Gasteiger partial charge in [-0.3, -0.25) is 9.59 Å². The monoisotopic (exact) mass is 446 g/mol. The van der Waals surface area contributed by atoms with Crippen molar-refractivity contribution in [1.29, 1.82) is 0 Å². The maximum atomic E-state index is 12.7. The minimum absolute atomic E-state index is 0.0600. The van der Waals surface area contributed by atoms with Crippen LogP contribution in [0.2, 0.25) is 0 Å². The zero-order chi connectivity index (χ0) is 21.9. The molecule has 1 heterocycles. The first kappa shape index (κ1) is 21.9. The number of hydrogen-bond donors (Lipinski definition) is 0. The summed E-state index contributed by atoms with van der Waals surface area (Å²) in [5.74, 6) is -0.939. The molecule has 0 radical (unpaired) electrons. The molecule has 0 N–H and O–H groups in total. The van der Waals surface area contributed by atoms with Gasteiger partial charge in [0, 0.05) is 5.56 Å². The predicted molar refractivity (Wildman–Crippen MR) is 115 cm³/mol. The Morgan fingerprint density at radius 1 is 1.10 bits per heavy atom. The number of fused-ring (bicyclic) bond motifs is 1. The maximum Gasteiger partial charge on any atom is 0.326 e. The Morgan fingerprint density at radius 2 is 1.77 bits per heavy atom. The van der Waals surface area contributed by atoms with E-state index < -0.39 is 27.0 Å². The lowest BCUT2D eigenvalue weighted by atomic mass is 10.2. The number of nitrogens with zero attached hydrogens (tertiary/aromatic N) is 2. The van der Waals surface area contributed by atoms with E-state index in [-0.39, 0.29) is 23.6 Å². The number of para-hydroxylation sites is 1. The summed E-state index contributed by atoms with van der Waals surface area (Å²) in [7, 11) is -3.42. The van der Waals surface area contributed by atoms with Gasteiger partial charge in [-0.05, 0) is 57.2 Å². The molecule has 1 amide bonds. The van der Waals surface area contributed by atoms with Crippen molar-refractivity contribution in [2.45, 2.75) is 37.5 Å². The zero-order valence-corrected chi connectivity index (χ0v) is 18.5. The van der Waals surface area contributed by atoms with Crippen molar-refractivity contribution in [1.82, 2.24) is 4.57 Å². The van der Waals surface area contributed by atoms with Crippen molar-refractivity contribution >= 4 is 43.3 Å². The maximum absolute atomic E-state index is 12.7. The highest BCUT2D eigenvalue weighted by Crippen LogP contribution is 2.18. The van der Waals surface area contributed by atoms with Gasteiger partial charge in [0.15, 0.2) is 14.6 Å². The van der Waals surface area contributed by atoms with Crippen molar-refractivity contribution in [2.24, 2.45) is 4.99 Å². The topological polar surface area (TPSA) is 94.8 Å². The summed E-state index contributed by atoms with van der Waals surface area (Å²) in [6.07, 6.45) is 0. The van der Waals surface area contributed by atoms with E-state index in [1.807, 2.05) is 24.3 Å². The number of rotatable bonds is 6. The Morgan fingerprint density at radius 3 is 2.40 bits per heavy atom. The number of carbonyl (C=O) groups is 2. The first-order chi connectivity index (χ1) is 14.2. The third-order valence-electron chi connectivity index (χ3n) is 4.43. The molecular formula is C21H22N2O5S2. The van der Waals surface area contributed by atoms with Gasteiger partial charge in [-0.15, -0.1) is 0 Å². The molecule has 0 aliphatic heterocycles. The third-order valence-corrected chi connectivity index (χ3v) is 7.66. The van der Waals surface area contributed by atoms with Crippen LogP contribution in [0, 0.1) is 0 Å². The van der Waals surface area contributed by atoms with E-state index in [0.717, 1.165) is 10.2 Å². The third kappa shape index (κ3) is 4.52. The Hall–Kier alpha value is -2.78. The number of ether oxygens (including phenoxy) is 1. The summed E-state index contributed by atoms with van der Waals surface area (Å²) in [4.78, 5) is 29.5. The fourth-order valence-electron chi connectivity index (χ4n) is 2.81. The normalized spacial score (nSPS) is 12.5. The van der Waals surface area contributed by atoms with E-state index in [2.05, 4.69) is 4.99 Å². The van der Waals surface area contributed by atoms with Crippen LogP contribution < -0.4 is 4.80 Å². The van der Waals surface area contributed by atoms with Crippen molar-refractivity contribution in [2.75, 3.05) is 6.61 Å². The number of sulfone groups is 1. The molecule has 3 aromatic rings. The number of benzene rings is 2. The van der Waals surface area contributed by atoms with Crippen LogP contribution >= 0.6 is 11.3 Å². The van der Waals surface area contributed by atoms with Crippen molar-refractivity contribution < 1.29 is 22.7 Å². The molecule has 30 heavy (non-hydrogen) atoms. The van der Waals surface area contributed by atoms with Crippen LogP contribution in [-0.4, -0.2) is 36.7 Å². The van der Waals surface area contributed by atoms with E-state index >= 15 is 0 Å². The van der Waals surface area contributed by atoms with Crippen LogP contribution in [0.25, 0.3) is 10.2 Å². The van der Waals surface area contributed by atoms with Gasteiger partial charge in [0.1, 0.15) is 6.54 Å². The van der Waals surface area contributed by atoms with E-state index in [9.17, 15) is 18.0 Å². The van der Waals surface area contributed by atoms with Gasteiger partial charge in [0.05, 0.1) is 27.0 Å². The quantitative estimate of drug-likeness (QED) is 0.542. The second-order valence-corrected chi connectivity index (χ2v) is 10.3. The zero-order valence-electron chi connectivity index (χ0n) is 16.9. The van der Waals surface area contributed by atoms with Gasteiger partial charge in [0.2, 0.25) is 0 Å². The molecule has 0 unspecified atom stereocenters. The number of carbonyl (C=O) groups excluding carboxylic acids is 2. The molecule has 0 saturated heterocycles. The summed E-state index contributed by atoms with van der Waals surface area (Å²) in [6, 6.07) is 13.2. The highest BCUT2D eigenvalue weighted by molar-refractivity contribution is 7.92.